The van der Waals surface area contributed by atoms with Crippen LogP contribution < -0.4 is 5.73 Å². The molecule has 0 aliphatic heterocycles. The van der Waals surface area contributed by atoms with Gasteiger partial charge < -0.3 is 10.2 Å². The summed E-state index contributed by atoms with van der Waals surface area (Å²) in [6.07, 6.45) is 3.25. The molecule has 0 fully saturated rings. The molecular formula is C14H18N2O. The van der Waals surface area contributed by atoms with E-state index in [0.29, 0.717) is 0 Å². The van der Waals surface area contributed by atoms with Gasteiger partial charge in [-0.25, -0.2) is 4.98 Å². The Morgan fingerprint density at radius 2 is 2.12 bits per heavy atom. The van der Waals surface area contributed by atoms with Gasteiger partial charge in [0.05, 0.1) is 6.20 Å². The van der Waals surface area contributed by atoms with Crippen molar-refractivity contribution in [1.29, 1.82) is 0 Å². The van der Waals surface area contributed by atoms with Gasteiger partial charge in [-0.05, 0) is 25.0 Å². The minimum atomic E-state index is 0.106. The van der Waals surface area contributed by atoms with E-state index in [1.54, 1.807) is 6.20 Å². The number of oxazole rings is 1. The quantitative estimate of drug-likeness (QED) is 0.877. The van der Waals surface area contributed by atoms with Gasteiger partial charge in [0.15, 0.2) is 5.89 Å². The van der Waals surface area contributed by atoms with E-state index in [1.165, 1.54) is 11.1 Å². The number of hydrogen-bond donors (Lipinski definition) is 1. The highest BCUT2D eigenvalue weighted by atomic mass is 16.4. The molecule has 1 unspecified atom stereocenters. The Bertz CT molecular complexity index is 488. The fourth-order valence-electron chi connectivity index (χ4n) is 1.81. The van der Waals surface area contributed by atoms with E-state index < -0.39 is 0 Å². The van der Waals surface area contributed by atoms with Crippen molar-refractivity contribution >= 4 is 0 Å². The average Bonchev–Trinajstić information content (AvgIpc) is 2.68. The SMILES string of the molecule is Cc1ccccc1Cc1ncc(CC(C)N)o1. The monoisotopic (exact) mass is 230 g/mol. The highest BCUT2D eigenvalue weighted by molar-refractivity contribution is 5.27. The molecule has 0 saturated heterocycles. The zero-order valence-corrected chi connectivity index (χ0v) is 10.3. The first-order valence-electron chi connectivity index (χ1n) is 5.89. The number of aromatic nitrogens is 1. The average molecular weight is 230 g/mol. The number of nitrogens with zero attached hydrogens (tertiary/aromatic N) is 1. The van der Waals surface area contributed by atoms with Crippen molar-refractivity contribution in [2.75, 3.05) is 0 Å². The normalized spacial score (nSPS) is 12.6. The minimum Gasteiger partial charge on any atom is -0.445 e. The molecule has 3 heteroatoms. The summed E-state index contributed by atoms with van der Waals surface area (Å²) >= 11 is 0. The van der Waals surface area contributed by atoms with E-state index in [1.807, 2.05) is 19.1 Å². The van der Waals surface area contributed by atoms with Crippen LogP contribution in [-0.2, 0) is 12.8 Å². The molecule has 0 saturated carbocycles. The van der Waals surface area contributed by atoms with Gasteiger partial charge in [0.25, 0.3) is 0 Å². The molecule has 17 heavy (non-hydrogen) atoms. The molecule has 0 radical (unpaired) electrons. The number of hydrogen-bond acceptors (Lipinski definition) is 3. The van der Waals surface area contributed by atoms with Crippen LogP contribution in [0.2, 0.25) is 0 Å². The minimum absolute atomic E-state index is 0.106. The summed E-state index contributed by atoms with van der Waals surface area (Å²) in [5, 5.41) is 0. The van der Waals surface area contributed by atoms with Crippen LogP contribution in [0.15, 0.2) is 34.9 Å². The molecule has 0 amide bonds. The predicted molar refractivity (Wildman–Crippen MR) is 67.8 cm³/mol. The van der Waals surface area contributed by atoms with E-state index in [4.69, 9.17) is 10.2 Å². The topological polar surface area (TPSA) is 52.0 Å². The van der Waals surface area contributed by atoms with E-state index in [9.17, 15) is 0 Å². The first-order valence-corrected chi connectivity index (χ1v) is 5.89. The number of rotatable bonds is 4. The van der Waals surface area contributed by atoms with Crippen molar-refractivity contribution in [3.05, 3.63) is 53.2 Å². The highest BCUT2D eigenvalue weighted by Gasteiger charge is 2.07. The molecule has 1 atom stereocenters. The molecule has 2 aromatic rings. The van der Waals surface area contributed by atoms with Crippen molar-refractivity contribution < 1.29 is 4.42 Å². The van der Waals surface area contributed by atoms with Gasteiger partial charge in [-0.3, -0.25) is 0 Å². The standard InChI is InChI=1S/C14H18N2O/c1-10-5-3-4-6-12(10)8-14-16-9-13(17-14)7-11(2)15/h3-6,9,11H,7-8,15H2,1-2H3. The fourth-order valence-corrected chi connectivity index (χ4v) is 1.81. The zero-order valence-electron chi connectivity index (χ0n) is 10.3. The summed E-state index contributed by atoms with van der Waals surface area (Å²) in [7, 11) is 0. The Morgan fingerprint density at radius 1 is 1.35 bits per heavy atom. The fraction of sp³-hybridized carbons (Fsp3) is 0.357. The Labute approximate surface area is 102 Å². The van der Waals surface area contributed by atoms with Crippen molar-refractivity contribution in [3.63, 3.8) is 0 Å². The lowest BCUT2D eigenvalue weighted by molar-refractivity contribution is 0.452. The maximum Gasteiger partial charge on any atom is 0.198 e. The molecule has 90 valence electrons. The van der Waals surface area contributed by atoms with Crippen LogP contribution in [0.25, 0.3) is 0 Å². The number of aryl methyl sites for hydroxylation is 1. The van der Waals surface area contributed by atoms with Crippen molar-refractivity contribution in [1.82, 2.24) is 4.98 Å². The summed E-state index contributed by atoms with van der Waals surface area (Å²) in [4.78, 5) is 4.28. The van der Waals surface area contributed by atoms with E-state index >= 15 is 0 Å². The van der Waals surface area contributed by atoms with Crippen LogP contribution >= 0.6 is 0 Å². The van der Waals surface area contributed by atoms with Crippen molar-refractivity contribution in [3.8, 4) is 0 Å². The molecule has 0 aliphatic carbocycles. The number of benzene rings is 1. The molecule has 0 spiro atoms. The second kappa shape index (κ2) is 5.15. The molecule has 3 nitrogen and oxygen atoms in total. The van der Waals surface area contributed by atoms with E-state index in [2.05, 4.69) is 24.0 Å². The molecule has 2 rings (SSSR count). The van der Waals surface area contributed by atoms with Crippen molar-refractivity contribution in [2.45, 2.75) is 32.7 Å². The molecular weight excluding hydrogens is 212 g/mol. The van der Waals surface area contributed by atoms with Gasteiger partial charge in [-0.15, -0.1) is 0 Å². The molecule has 1 aromatic heterocycles. The van der Waals surface area contributed by atoms with Gasteiger partial charge >= 0.3 is 0 Å². The maximum atomic E-state index is 5.72. The third-order valence-electron chi connectivity index (χ3n) is 2.73. The Morgan fingerprint density at radius 3 is 2.82 bits per heavy atom. The van der Waals surface area contributed by atoms with Crippen molar-refractivity contribution in [2.24, 2.45) is 5.73 Å². The molecule has 0 bridgehead atoms. The lowest BCUT2D eigenvalue weighted by atomic mass is 10.1. The second-order valence-corrected chi connectivity index (χ2v) is 4.50. The summed E-state index contributed by atoms with van der Waals surface area (Å²) in [6, 6.07) is 8.38. The van der Waals surface area contributed by atoms with Crippen LogP contribution in [0.3, 0.4) is 0 Å². The molecule has 1 heterocycles. The highest BCUT2D eigenvalue weighted by Crippen LogP contribution is 2.14. The van der Waals surface area contributed by atoms with Gasteiger partial charge in [-0.2, -0.15) is 0 Å². The number of nitrogens with two attached hydrogens (primary N) is 1. The van der Waals surface area contributed by atoms with Gasteiger partial charge in [0, 0.05) is 18.9 Å². The van der Waals surface area contributed by atoms with E-state index in [-0.39, 0.29) is 6.04 Å². The van der Waals surface area contributed by atoms with Gasteiger partial charge in [-0.1, -0.05) is 24.3 Å². The Hall–Kier alpha value is -1.61. The lowest BCUT2D eigenvalue weighted by Crippen LogP contribution is -2.17. The molecule has 2 N–H and O–H groups in total. The van der Waals surface area contributed by atoms with Crippen LogP contribution in [0.5, 0.6) is 0 Å². The second-order valence-electron chi connectivity index (χ2n) is 4.50. The largest absolute Gasteiger partial charge is 0.445 e. The first-order chi connectivity index (χ1) is 8.15. The lowest BCUT2D eigenvalue weighted by Gasteiger charge is -2.02. The third-order valence-corrected chi connectivity index (χ3v) is 2.73. The predicted octanol–water partition coefficient (Wildman–Crippen LogP) is 2.46. The Balaban J connectivity index is 2.09. The van der Waals surface area contributed by atoms with Gasteiger partial charge in [0.2, 0.25) is 0 Å². The molecule has 0 aliphatic rings. The maximum absolute atomic E-state index is 5.72. The van der Waals surface area contributed by atoms with Crippen LogP contribution in [0.4, 0.5) is 0 Å². The van der Waals surface area contributed by atoms with E-state index in [0.717, 1.165) is 24.5 Å². The Kier molecular flexibility index (Phi) is 3.59. The van der Waals surface area contributed by atoms with Crippen LogP contribution in [0, 0.1) is 6.92 Å². The first kappa shape index (κ1) is 11.9. The van der Waals surface area contributed by atoms with Crippen LogP contribution in [0.1, 0.15) is 29.7 Å². The zero-order chi connectivity index (χ0) is 12.3. The summed E-state index contributed by atoms with van der Waals surface area (Å²) in [5.74, 6) is 1.62. The third kappa shape index (κ3) is 3.17. The smallest absolute Gasteiger partial charge is 0.198 e. The van der Waals surface area contributed by atoms with Crippen LogP contribution in [-0.4, -0.2) is 11.0 Å². The summed E-state index contributed by atoms with van der Waals surface area (Å²) in [5.41, 5.74) is 8.24. The molecule has 1 aromatic carbocycles. The summed E-state index contributed by atoms with van der Waals surface area (Å²) < 4.78 is 5.66. The van der Waals surface area contributed by atoms with Gasteiger partial charge in [0.1, 0.15) is 5.76 Å². The summed E-state index contributed by atoms with van der Waals surface area (Å²) in [6.45, 7) is 4.06.